The van der Waals surface area contributed by atoms with Crippen molar-refractivity contribution < 1.29 is 0 Å². The minimum Gasteiger partial charge on any atom is -0.278 e. The van der Waals surface area contributed by atoms with E-state index in [9.17, 15) is 0 Å². The van der Waals surface area contributed by atoms with Gasteiger partial charge in [0.25, 0.3) is 0 Å². The molecule has 2 aromatic rings. The van der Waals surface area contributed by atoms with Crippen molar-refractivity contribution in [3.8, 4) is 0 Å². The maximum absolute atomic E-state index is 4.02. The molecule has 0 aliphatic heterocycles. The molecule has 16 heavy (non-hydrogen) atoms. The molecule has 2 nitrogen and oxygen atoms in total. The molecule has 0 saturated heterocycles. The summed E-state index contributed by atoms with van der Waals surface area (Å²) in [5.41, 5.74) is 4.47. The Kier molecular flexibility index (Phi) is 4.06. The van der Waals surface area contributed by atoms with E-state index in [1.54, 1.807) is 0 Å². The van der Waals surface area contributed by atoms with Crippen molar-refractivity contribution in [2.24, 2.45) is 0 Å². The second-order valence-electron chi connectivity index (χ2n) is 3.24. The molecule has 0 unspecified atom stereocenters. The summed E-state index contributed by atoms with van der Waals surface area (Å²) in [5, 5.41) is 8.12. The first-order chi connectivity index (χ1) is 7.77. The van der Waals surface area contributed by atoms with E-state index in [2.05, 4.69) is 30.3 Å². The number of H-pyrrole nitrogens is 1. The van der Waals surface area contributed by atoms with Gasteiger partial charge in [-0.25, -0.2) is 0 Å². The standard InChI is InChI=1S/C12H12N2.C2H6/c1-4-9-6-12-11(7-13-14-12)8(3)10(9)5-2;1-2/h4-7H,1-2H2,3H3,(H,13,14);1-2H3. The fourth-order valence-corrected chi connectivity index (χ4v) is 1.74. The summed E-state index contributed by atoms with van der Waals surface area (Å²) in [6.07, 6.45) is 5.54. The van der Waals surface area contributed by atoms with Gasteiger partial charge in [0.2, 0.25) is 0 Å². The van der Waals surface area contributed by atoms with E-state index in [1.807, 2.05) is 38.3 Å². The Bertz CT molecular complexity index is 507. The molecule has 0 aliphatic carbocycles. The molecule has 0 saturated carbocycles. The maximum Gasteiger partial charge on any atom is 0.0659 e. The van der Waals surface area contributed by atoms with E-state index in [0.29, 0.717) is 0 Å². The Hall–Kier alpha value is -1.83. The van der Waals surface area contributed by atoms with Crippen LogP contribution in [0.1, 0.15) is 30.5 Å². The van der Waals surface area contributed by atoms with Crippen molar-refractivity contribution in [2.45, 2.75) is 20.8 Å². The van der Waals surface area contributed by atoms with E-state index < -0.39 is 0 Å². The van der Waals surface area contributed by atoms with Crippen molar-refractivity contribution in [3.05, 3.63) is 42.1 Å². The highest BCUT2D eigenvalue weighted by molar-refractivity contribution is 5.88. The second kappa shape index (κ2) is 5.31. The first-order valence-electron chi connectivity index (χ1n) is 5.49. The van der Waals surface area contributed by atoms with Gasteiger partial charge >= 0.3 is 0 Å². The number of hydrogen-bond donors (Lipinski definition) is 1. The Morgan fingerprint density at radius 2 is 1.94 bits per heavy atom. The van der Waals surface area contributed by atoms with Gasteiger partial charge in [0.15, 0.2) is 0 Å². The lowest BCUT2D eigenvalue weighted by atomic mass is 9.98. The molecule has 1 N–H and O–H groups in total. The van der Waals surface area contributed by atoms with Crippen LogP contribution in [0.15, 0.2) is 25.4 Å². The number of fused-ring (bicyclic) bond motifs is 1. The van der Waals surface area contributed by atoms with E-state index in [4.69, 9.17) is 0 Å². The predicted molar refractivity (Wildman–Crippen MR) is 72.4 cm³/mol. The van der Waals surface area contributed by atoms with Crippen molar-refractivity contribution in [3.63, 3.8) is 0 Å². The topological polar surface area (TPSA) is 28.7 Å². The lowest BCUT2D eigenvalue weighted by Gasteiger charge is -2.06. The van der Waals surface area contributed by atoms with Crippen LogP contribution in [-0.2, 0) is 0 Å². The van der Waals surface area contributed by atoms with Gasteiger partial charge in [-0.1, -0.05) is 39.2 Å². The number of rotatable bonds is 2. The van der Waals surface area contributed by atoms with Gasteiger partial charge in [0, 0.05) is 5.39 Å². The summed E-state index contributed by atoms with van der Waals surface area (Å²) in [7, 11) is 0. The van der Waals surface area contributed by atoms with Crippen LogP contribution in [0.4, 0.5) is 0 Å². The molecule has 0 radical (unpaired) electrons. The highest BCUT2D eigenvalue weighted by atomic mass is 15.1. The molecule has 0 aliphatic rings. The summed E-state index contributed by atoms with van der Waals surface area (Å²) >= 11 is 0. The van der Waals surface area contributed by atoms with Crippen LogP contribution >= 0.6 is 0 Å². The van der Waals surface area contributed by atoms with Gasteiger partial charge < -0.3 is 0 Å². The van der Waals surface area contributed by atoms with Crippen LogP contribution in [0.25, 0.3) is 23.1 Å². The highest BCUT2D eigenvalue weighted by Gasteiger charge is 2.06. The van der Waals surface area contributed by atoms with E-state index in [-0.39, 0.29) is 0 Å². The van der Waals surface area contributed by atoms with Crippen LogP contribution in [0.3, 0.4) is 0 Å². The Morgan fingerprint density at radius 1 is 1.25 bits per heavy atom. The van der Waals surface area contributed by atoms with Crippen LogP contribution < -0.4 is 0 Å². The second-order valence-corrected chi connectivity index (χ2v) is 3.24. The highest BCUT2D eigenvalue weighted by Crippen LogP contribution is 2.25. The fourth-order valence-electron chi connectivity index (χ4n) is 1.74. The maximum atomic E-state index is 4.02. The number of nitrogens with one attached hydrogen (secondary N) is 1. The molecule has 0 bridgehead atoms. The van der Waals surface area contributed by atoms with Gasteiger partial charge in [-0.05, 0) is 29.7 Å². The number of aryl methyl sites for hydroxylation is 1. The molecule has 2 rings (SSSR count). The van der Waals surface area contributed by atoms with E-state index in [0.717, 1.165) is 22.0 Å². The van der Waals surface area contributed by atoms with Crippen LogP contribution in [-0.4, -0.2) is 10.2 Å². The Balaban J connectivity index is 0.000000606. The van der Waals surface area contributed by atoms with Crippen LogP contribution in [0, 0.1) is 6.92 Å². The predicted octanol–water partition coefficient (Wildman–Crippen LogP) is 4.18. The number of nitrogens with zero attached hydrogens (tertiary/aromatic N) is 1. The average Bonchev–Trinajstić information content (AvgIpc) is 2.80. The molecule has 1 aromatic heterocycles. The molecule has 1 heterocycles. The average molecular weight is 214 g/mol. The first kappa shape index (κ1) is 12.2. The number of benzene rings is 1. The molecule has 1 aromatic carbocycles. The SMILES string of the molecule is C=Cc1cc2[nH]ncc2c(C)c1C=C.CC. The van der Waals surface area contributed by atoms with Gasteiger partial charge in [-0.2, -0.15) is 5.10 Å². The smallest absolute Gasteiger partial charge is 0.0659 e. The van der Waals surface area contributed by atoms with Gasteiger partial charge in [-0.3, -0.25) is 5.10 Å². The third-order valence-corrected chi connectivity index (χ3v) is 2.51. The van der Waals surface area contributed by atoms with Crippen LogP contribution in [0.2, 0.25) is 0 Å². The summed E-state index contributed by atoms with van der Waals surface area (Å²) in [6.45, 7) is 13.7. The van der Waals surface area contributed by atoms with Crippen molar-refractivity contribution in [1.82, 2.24) is 10.2 Å². The Morgan fingerprint density at radius 3 is 2.50 bits per heavy atom. The van der Waals surface area contributed by atoms with Crippen molar-refractivity contribution in [1.29, 1.82) is 0 Å². The minimum absolute atomic E-state index is 1.04. The summed E-state index contributed by atoms with van der Waals surface area (Å²) in [4.78, 5) is 0. The molecule has 0 fully saturated rings. The van der Waals surface area contributed by atoms with Crippen LogP contribution in [0.5, 0.6) is 0 Å². The first-order valence-corrected chi connectivity index (χ1v) is 5.49. The largest absolute Gasteiger partial charge is 0.278 e. The summed E-state index contributed by atoms with van der Waals surface area (Å²) in [5.74, 6) is 0. The van der Waals surface area contributed by atoms with E-state index >= 15 is 0 Å². The third-order valence-electron chi connectivity index (χ3n) is 2.51. The number of hydrogen-bond acceptors (Lipinski definition) is 1. The van der Waals surface area contributed by atoms with Crippen molar-refractivity contribution in [2.75, 3.05) is 0 Å². The lowest BCUT2D eigenvalue weighted by molar-refractivity contribution is 1.12. The summed E-state index contributed by atoms with van der Waals surface area (Å²) in [6, 6.07) is 2.04. The normalized spacial score (nSPS) is 9.44. The van der Waals surface area contributed by atoms with Gasteiger partial charge in [-0.15, -0.1) is 0 Å². The lowest BCUT2D eigenvalue weighted by Crippen LogP contribution is -1.87. The zero-order chi connectivity index (χ0) is 12.1. The molecule has 84 valence electrons. The molecular weight excluding hydrogens is 196 g/mol. The van der Waals surface area contributed by atoms with Gasteiger partial charge in [0.1, 0.15) is 0 Å². The molecular formula is C14H18N2. The Labute approximate surface area is 96.7 Å². The molecule has 0 atom stereocenters. The molecule has 0 amide bonds. The zero-order valence-electron chi connectivity index (χ0n) is 10.2. The fraction of sp³-hybridized carbons (Fsp3) is 0.214. The zero-order valence-corrected chi connectivity index (χ0v) is 10.2. The third kappa shape index (κ3) is 1.91. The van der Waals surface area contributed by atoms with Gasteiger partial charge in [0.05, 0.1) is 11.7 Å². The number of aromatic nitrogens is 2. The quantitative estimate of drug-likeness (QED) is 0.798. The number of aromatic amines is 1. The summed E-state index contributed by atoms with van der Waals surface area (Å²) < 4.78 is 0. The molecule has 0 spiro atoms. The van der Waals surface area contributed by atoms with E-state index in [1.165, 1.54) is 5.56 Å². The molecule has 2 heteroatoms. The monoisotopic (exact) mass is 214 g/mol. The minimum atomic E-state index is 1.04. The van der Waals surface area contributed by atoms with Crippen molar-refractivity contribution >= 4 is 23.1 Å².